The van der Waals surface area contributed by atoms with Crippen LogP contribution in [-0.2, 0) is 0 Å². The first-order chi connectivity index (χ1) is 12.4. The number of nitrogens with two attached hydrogens (primary N) is 1. The van der Waals surface area contributed by atoms with Gasteiger partial charge in [0.1, 0.15) is 5.75 Å². The Hall–Kier alpha value is -2.34. The second-order valence-corrected chi connectivity index (χ2v) is 7.57. The molecular formula is C22H20INO2. The Bertz CT molecular complexity index is 995. The van der Waals surface area contributed by atoms with Crippen molar-refractivity contribution in [2.24, 2.45) is 0 Å². The third-order valence-corrected chi connectivity index (χ3v) is 5.19. The van der Waals surface area contributed by atoms with E-state index in [-0.39, 0.29) is 0 Å². The molecular weight excluding hydrogens is 437 g/mol. The summed E-state index contributed by atoms with van der Waals surface area (Å²) >= 11 is 2.31. The average Bonchev–Trinajstić information content (AvgIpc) is 2.58. The van der Waals surface area contributed by atoms with Gasteiger partial charge in [0, 0.05) is 14.8 Å². The molecule has 3 rings (SSSR count). The van der Waals surface area contributed by atoms with Gasteiger partial charge < -0.3 is 10.5 Å². The molecule has 0 bridgehead atoms. The largest absolute Gasteiger partial charge is 0.422 e. The first-order valence-corrected chi connectivity index (χ1v) is 9.39. The molecule has 132 valence electrons. The molecule has 0 aliphatic heterocycles. The van der Waals surface area contributed by atoms with Gasteiger partial charge in [-0.15, -0.1) is 0 Å². The summed E-state index contributed by atoms with van der Waals surface area (Å²) in [5.74, 6) is 0.0952. The van der Waals surface area contributed by atoms with Crippen LogP contribution in [0.15, 0.2) is 54.6 Å². The predicted molar refractivity (Wildman–Crippen MR) is 115 cm³/mol. The summed E-state index contributed by atoms with van der Waals surface area (Å²) in [5.41, 5.74) is 11.9. The lowest BCUT2D eigenvalue weighted by Gasteiger charge is -2.14. The molecule has 3 aromatic carbocycles. The molecule has 3 nitrogen and oxygen atoms in total. The minimum absolute atomic E-state index is 0.385. The number of anilines is 1. The van der Waals surface area contributed by atoms with Crippen LogP contribution in [0.4, 0.5) is 5.69 Å². The Morgan fingerprint density at radius 1 is 0.923 bits per heavy atom. The lowest BCUT2D eigenvalue weighted by Crippen LogP contribution is -2.12. The van der Waals surface area contributed by atoms with Crippen LogP contribution in [-0.4, -0.2) is 5.97 Å². The van der Waals surface area contributed by atoms with Gasteiger partial charge in [-0.3, -0.25) is 0 Å². The molecule has 0 saturated heterocycles. The van der Waals surface area contributed by atoms with Crippen molar-refractivity contribution in [2.75, 3.05) is 5.73 Å². The van der Waals surface area contributed by atoms with E-state index in [1.165, 1.54) is 5.56 Å². The van der Waals surface area contributed by atoms with Crippen LogP contribution in [0.2, 0.25) is 0 Å². The van der Waals surface area contributed by atoms with E-state index in [4.69, 9.17) is 10.5 Å². The zero-order valence-electron chi connectivity index (χ0n) is 15.0. The topological polar surface area (TPSA) is 52.3 Å². The van der Waals surface area contributed by atoms with Crippen molar-refractivity contribution in [1.29, 1.82) is 0 Å². The summed E-state index contributed by atoms with van der Waals surface area (Å²) < 4.78 is 6.88. The van der Waals surface area contributed by atoms with Gasteiger partial charge in [0.25, 0.3) is 0 Å². The maximum atomic E-state index is 12.7. The molecule has 0 spiro atoms. The maximum Gasteiger partial charge on any atom is 0.345 e. The van der Waals surface area contributed by atoms with Gasteiger partial charge in [0.2, 0.25) is 0 Å². The number of nitrogen functional groups attached to an aromatic ring is 1. The van der Waals surface area contributed by atoms with Gasteiger partial charge in [0.15, 0.2) is 0 Å². The van der Waals surface area contributed by atoms with Crippen LogP contribution in [0.25, 0.3) is 11.1 Å². The number of para-hydroxylation sites is 1. The van der Waals surface area contributed by atoms with Crippen molar-refractivity contribution in [3.8, 4) is 16.9 Å². The minimum Gasteiger partial charge on any atom is -0.422 e. The first-order valence-electron chi connectivity index (χ1n) is 8.31. The highest BCUT2D eigenvalue weighted by atomic mass is 127. The normalized spacial score (nSPS) is 10.6. The molecule has 0 amide bonds. The fourth-order valence-corrected chi connectivity index (χ4v) is 3.75. The summed E-state index contributed by atoms with van der Waals surface area (Å²) in [6, 6.07) is 17.5. The summed E-state index contributed by atoms with van der Waals surface area (Å²) in [7, 11) is 0. The Morgan fingerprint density at radius 3 is 2.27 bits per heavy atom. The predicted octanol–water partition coefficient (Wildman–Crippen LogP) is 5.68. The van der Waals surface area contributed by atoms with E-state index in [2.05, 4.69) is 47.7 Å². The number of hydrogen-bond acceptors (Lipinski definition) is 3. The fourth-order valence-electron chi connectivity index (χ4n) is 2.79. The zero-order valence-corrected chi connectivity index (χ0v) is 17.1. The van der Waals surface area contributed by atoms with Crippen molar-refractivity contribution in [3.63, 3.8) is 0 Å². The molecule has 0 unspecified atom stereocenters. The molecule has 0 fully saturated rings. The van der Waals surface area contributed by atoms with E-state index in [0.29, 0.717) is 17.0 Å². The lowest BCUT2D eigenvalue weighted by atomic mass is 10.0. The van der Waals surface area contributed by atoms with E-state index in [9.17, 15) is 4.79 Å². The number of rotatable bonds is 3. The number of ether oxygens (including phenoxy) is 1. The van der Waals surface area contributed by atoms with Gasteiger partial charge in [-0.1, -0.05) is 42.0 Å². The van der Waals surface area contributed by atoms with Crippen molar-refractivity contribution >= 4 is 34.2 Å². The van der Waals surface area contributed by atoms with Crippen LogP contribution < -0.4 is 10.5 Å². The van der Waals surface area contributed by atoms with Crippen LogP contribution in [0.1, 0.15) is 27.0 Å². The zero-order chi connectivity index (χ0) is 18.8. The van der Waals surface area contributed by atoms with E-state index >= 15 is 0 Å². The fraction of sp³-hybridized carbons (Fsp3) is 0.136. The van der Waals surface area contributed by atoms with Crippen molar-refractivity contribution in [3.05, 3.63) is 80.4 Å². The number of carbonyl (C=O) groups is 1. The lowest BCUT2D eigenvalue weighted by molar-refractivity contribution is 0.0736. The van der Waals surface area contributed by atoms with E-state index in [1.807, 2.05) is 44.2 Å². The molecule has 0 saturated carbocycles. The summed E-state index contributed by atoms with van der Waals surface area (Å²) in [4.78, 5) is 12.7. The number of esters is 1. The highest BCUT2D eigenvalue weighted by Gasteiger charge is 2.17. The van der Waals surface area contributed by atoms with Crippen LogP contribution in [0.5, 0.6) is 5.75 Å². The SMILES string of the molecule is Cc1ccc(-c2ccc(C)cc2OC(=O)c2cccc(C)c2N)c(I)c1. The molecule has 0 aliphatic carbocycles. The molecule has 26 heavy (non-hydrogen) atoms. The smallest absolute Gasteiger partial charge is 0.345 e. The number of aryl methyl sites for hydroxylation is 3. The third-order valence-electron chi connectivity index (χ3n) is 4.30. The molecule has 2 N–H and O–H groups in total. The second kappa shape index (κ2) is 7.50. The Kier molecular flexibility index (Phi) is 5.32. The van der Waals surface area contributed by atoms with Crippen molar-refractivity contribution < 1.29 is 9.53 Å². The minimum atomic E-state index is -0.444. The molecule has 0 atom stereocenters. The summed E-state index contributed by atoms with van der Waals surface area (Å²) in [5, 5.41) is 0. The van der Waals surface area contributed by atoms with Crippen molar-refractivity contribution in [1.82, 2.24) is 0 Å². The molecule has 4 heteroatoms. The third kappa shape index (κ3) is 3.75. The Labute approximate surface area is 167 Å². The Morgan fingerprint density at radius 2 is 1.58 bits per heavy atom. The van der Waals surface area contributed by atoms with E-state index in [1.54, 1.807) is 6.07 Å². The van der Waals surface area contributed by atoms with Crippen LogP contribution in [0.3, 0.4) is 0 Å². The monoisotopic (exact) mass is 457 g/mol. The molecule has 0 aromatic heterocycles. The van der Waals surface area contributed by atoms with Gasteiger partial charge in [-0.25, -0.2) is 4.79 Å². The molecule has 0 heterocycles. The van der Waals surface area contributed by atoms with Crippen LogP contribution >= 0.6 is 22.6 Å². The highest BCUT2D eigenvalue weighted by Crippen LogP contribution is 2.35. The van der Waals surface area contributed by atoms with E-state index in [0.717, 1.165) is 25.8 Å². The molecule has 3 aromatic rings. The highest BCUT2D eigenvalue weighted by molar-refractivity contribution is 14.1. The number of halogens is 1. The number of hydrogen-bond donors (Lipinski definition) is 1. The number of benzene rings is 3. The number of carbonyl (C=O) groups excluding carboxylic acids is 1. The average molecular weight is 457 g/mol. The van der Waals surface area contributed by atoms with Crippen molar-refractivity contribution in [2.45, 2.75) is 20.8 Å². The van der Waals surface area contributed by atoms with E-state index < -0.39 is 5.97 Å². The second-order valence-electron chi connectivity index (χ2n) is 6.41. The van der Waals surface area contributed by atoms with Crippen LogP contribution in [0, 0.1) is 24.3 Å². The first kappa shape index (κ1) is 18.5. The standard InChI is InChI=1S/C22H20INO2/c1-13-7-9-16(19(23)11-13)17-10-8-14(2)12-20(17)26-22(25)18-6-4-5-15(3)21(18)24/h4-12H,24H2,1-3H3. The van der Waals surface area contributed by atoms with Gasteiger partial charge in [0.05, 0.1) is 5.56 Å². The molecule has 0 radical (unpaired) electrons. The summed E-state index contributed by atoms with van der Waals surface area (Å²) in [6.45, 7) is 5.91. The van der Waals surface area contributed by atoms with Gasteiger partial charge in [-0.05, 0) is 78.3 Å². The quantitative estimate of drug-likeness (QED) is 0.238. The van der Waals surface area contributed by atoms with Gasteiger partial charge >= 0.3 is 5.97 Å². The van der Waals surface area contributed by atoms with Gasteiger partial charge in [-0.2, -0.15) is 0 Å². The Balaban J connectivity index is 2.04. The maximum absolute atomic E-state index is 12.7. The summed E-state index contributed by atoms with van der Waals surface area (Å²) in [6.07, 6.45) is 0. The molecule has 0 aliphatic rings.